The van der Waals surface area contributed by atoms with Crippen LogP contribution in [0, 0.1) is 0 Å². The molecule has 1 aliphatic carbocycles. The molecule has 2 aromatic carbocycles. The van der Waals surface area contributed by atoms with Gasteiger partial charge in [0.15, 0.2) is 5.82 Å². The Bertz CT molecular complexity index is 1440. The number of benzene rings is 2. The second-order valence-electron chi connectivity index (χ2n) is 9.66. The average Bonchev–Trinajstić information content (AvgIpc) is 2.98. The third-order valence-corrected chi connectivity index (χ3v) is 7.52. The number of amides is 1. The Labute approximate surface area is 198 Å². The molecule has 2 aliphatic rings. The van der Waals surface area contributed by atoms with E-state index in [2.05, 4.69) is 28.1 Å². The van der Waals surface area contributed by atoms with Crippen LogP contribution < -0.4 is 10.9 Å². The van der Waals surface area contributed by atoms with E-state index >= 15 is 0 Å². The Morgan fingerprint density at radius 2 is 1.71 bits per heavy atom. The lowest BCUT2D eigenvalue weighted by Crippen LogP contribution is -2.35. The molecule has 0 saturated heterocycles. The molecule has 6 heteroatoms. The smallest absolute Gasteiger partial charge is 0.261 e. The summed E-state index contributed by atoms with van der Waals surface area (Å²) in [6.07, 6.45) is 8.31. The van der Waals surface area contributed by atoms with Gasteiger partial charge in [-0.1, -0.05) is 56.0 Å². The lowest BCUT2D eigenvalue weighted by Gasteiger charge is -2.22. The largest absolute Gasteiger partial charge is 0.353 e. The van der Waals surface area contributed by atoms with E-state index in [1.165, 1.54) is 36.6 Å². The van der Waals surface area contributed by atoms with Crippen LogP contribution >= 0.6 is 0 Å². The van der Waals surface area contributed by atoms with E-state index in [-0.39, 0.29) is 11.5 Å². The summed E-state index contributed by atoms with van der Waals surface area (Å²) in [7, 11) is 0. The fraction of sp³-hybridized carbons (Fsp3) is 0.393. The minimum atomic E-state index is 0.00848. The van der Waals surface area contributed by atoms with Crippen molar-refractivity contribution in [1.82, 2.24) is 19.4 Å². The van der Waals surface area contributed by atoms with Gasteiger partial charge in [-0.2, -0.15) is 0 Å². The fourth-order valence-electron chi connectivity index (χ4n) is 5.83. The van der Waals surface area contributed by atoms with Crippen LogP contribution in [0.25, 0.3) is 33.3 Å². The molecule has 1 aliphatic heterocycles. The molecule has 1 fully saturated rings. The van der Waals surface area contributed by atoms with Crippen LogP contribution in [0.1, 0.15) is 50.5 Å². The summed E-state index contributed by atoms with van der Waals surface area (Å²) >= 11 is 0. The van der Waals surface area contributed by atoms with Crippen molar-refractivity contribution < 1.29 is 4.79 Å². The summed E-state index contributed by atoms with van der Waals surface area (Å²) in [6.45, 7) is 1.19. The van der Waals surface area contributed by atoms with Crippen molar-refractivity contribution in [3.63, 3.8) is 0 Å². The second-order valence-corrected chi connectivity index (χ2v) is 9.66. The van der Waals surface area contributed by atoms with Crippen molar-refractivity contribution in [2.45, 2.75) is 70.5 Å². The van der Waals surface area contributed by atoms with Crippen LogP contribution in [-0.4, -0.2) is 26.1 Å². The Morgan fingerprint density at radius 1 is 0.971 bits per heavy atom. The molecular weight excluding hydrogens is 424 g/mol. The number of aromatic nitrogens is 3. The molecule has 1 saturated carbocycles. The number of aryl methyl sites for hydroxylation is 2. The van der Waals surface area contributed by atoms with Gasteiger partial charge in [0.2, 0.25) is 5.91 Å². The van der Waals surface area contributed by atoms with Crippen molar-refractivity contribution in [1.29, 1.82) is 0 Å². The Balaban J connectivity index is 1.39. The van der Waals surface area contributed by atoms with Crippen molar-refractivity contribution in [3.05, 3.63) is 64.4 Å². The van der Waals surface area contributed by atoms with Crippen molar-refractivity contribution >= 4 is 27.7 Å². The van der Waals surface area contributed by atoms with Crippen molar-refractivity contribution in [2.24, 2.45) is 0 Å². The summed E-state index contributed by atoms with van der Waals surface area (Å²) in [5.41, 5.74) is 4.04. The molecular formula is C28H30N4O2. The Morgan fingerprint density at radius 3 is 2.53 bits per heavy atom. The van der Waals surface area contributed by atoms with Gasteiger partial charge in [-0.25, -0.2) is 4.98 Å². The summed E-state index contributed by atoms with van der Waals surface area (Å²) in [4.78, 5) is 31.1. The van der Waals surface area contributed by atoms with E-state index in [1.54, 1.807) is 0 Å². The maximum Gasteiger partial charge on any atom is 0.261 e. The number of rotatable bonds is 4. The van der Waals surface area contributed by atoms with Crippen LogP contribution in [0.15, 0.2) is 53.3 Å². The minimum Gasteiger partial charge on any atom is -0.353 e. The second kappa shape index (κ2) is 8.75. The number of carbonyl (C=O) groups is 1. The van der Waals surface area contributed by atoms with Gasteiger partial charge in [0.05, 0.1) is 16.6 Å². The predicted molar refractivity (Wildman–Crippen MR) is 135 cm³/mol. The Hall–Kier alpha value is -3.41. The van der Waals surface area contributed by atoms with E-state index < -0.39 is 0 Å². The number of nitrogens with zero attached hydrogens (tertiary/aromatic N) is 3. The number of hydrogen-bond donors (Lipinski definition) is 1. The number of carbonyl (C=O) groups excluding carboxylic acids is 1. The highest BCUT2D eigenvalue weighted by atomic mass is 16.1. The van der Waals surface area contributed by atoms with Crippen LogP contribution in [-0.2, 0) is 24.3 Å². The highest BCUT2D eigenvalue weighted by Crippen LogP contribution is 2.36. The molecule has 0 radical (unpaired) electrons. The third-order valence-electron chi connectivity index (χ3n) is 7.52. The fourth-order valence-corrected chi connectivity index (χ4v) is 5.83. The summed E-state index contributed by atoms with van der Waals surface area (Å²) in [6, 6.07) is 16.2. The first-order valence-electron chi connectivity index (χ1n) is 12.6. The molecule has 0 spiro atoms. The first-order chi connectivity index (χ1) is 16.7. The van der Waals surface area contributed by atoms with E-state index in [4.69, 9.17) is 4.98 Å². The highest BCUT2D eigenvalue weighted by Gasteiger charge is 2.27. The lowest BCUT2D eigenvalue weighted by molar-refractivity contribution is -0.122. The van der Waals surface area contributed by atoms with Gasteiger partial charge >= 0.3 is 0 Å². The topological polar surface area (TPSA) is 68.9 Å². The first-order valence-corrected chi connectivity index (χ1v) is 12.6. The third kappa shape index (κ3) is 3.61. The Kier molecular flexibility index (Phi) is 5.44. The number of para-hydroxylation sites is 2. The quantitative estimate of drug-likeness (QED) is 0.450. The summed E-state index contributed by atoms with van der Waals surface area (Å²) < 4.78 is 4.02. The summed E-state index contributed by atoms with van der Waals surface area (Å²) in [5.74, 6) is 0.823. The molecule has 2 aromatic heterocycles. The molecule has 1 amide bonds. The SMILES string of the molecule is O=C(CCn1c2c(c3ccccc31)CCn1c-2nc2ccccc2c1=O)NC1CCCCCC1. The zero-order valence-corrected chi connectivity index (χ0v) is 19.4. The van der Waals surface area contributed by atoms with Crippen LogP contribution in [0.4, 0.5) is 0 Å². The molecule has 6 rings (SSSR count). The lowest BCUT2D eigenvalue weighted by atomic mass is 10.0. The molecule has 174 valence electrons. The number of nitrogens with one attached hydrogen (secondary N) is 1. The molecule has 6 nitrogen and oxygen atoms in total. The normalized spacial score (nSPS) is 16.2. The molecule has 4 aromatic rings. The zero-order valence-electron chi connectivity index (χ0n) is 19.4. The standard InChI is InChI=1S/C28H30N4O2/c33-25(29-19-9-3-1-2-4-10-19)16-18-31-24-14-8-6-11-20(24)21-15-17-32-27(26(21)31)30-23-13-7-5-12-22(23)28(32)34/h5-8,11-14,19H,1-4,9-10,15-18H2,(H,29,33). The van der Waals surface area contributed by atoms with Crippen LogP contribution in [0.3, 0.4) is 0 Å². The molecule has 1 N–H and O–H groups in total. The molecule has 0 bridgehead atoms. The highest BCUT2D eigenvalue weighted by molar-refractivity contribution is 5.92. The van der Waals surface area contributed by atoms with Gasteiger partial charge in [0, 0.05) is 36.5 Å². The number of fused-ring (bicyclic) bond motifs is 6. The van der Waals surface area contributed by atoms with Gasteiger partial charge < -0.3 is 9.88 Å². The molecule has 0 atom stereocenters. The number of hydrogen-bond acceptors (Lipinski definition) is 3. The zero-order chi connectivity index (χ0) is 23.1. The van der Waals surface area contributed by atoms with E-state index in [1.807, 2.05) is 34.9 Å². The molecule has 0 unspecified atom stereocenters. The monoisotopic (exact) mass is 454 g/mol. The minimum absolute atomic E-state index is 0.00848. The van der Waals surface area contributed by atoms with Gasteiger partial charge in [-0.3, -0.25) is 14.2 Å². The van der Waals surface area contributed by atoms with E-state index in [9.17, 15) is 9.59 Å². The van der Waals surface area contributed by atoms with Crippen molar-refractivity contribution in [3.8, 4) is 11.5 Å². The van der Waals surface area contributed by atoms with E-state index in [0.717, 1.165) is 36.0 Å². The summed E-state index contributed by atoms with van der Waals surface area (Å²) in [5, 5.41) is 5.12. The average molecular weight is 455 g/mol. The van der Waals surface area contributed by atoms with Crippen LogP contribution in [0.5, 0.6) is 0 Å². The maximum atomic E-state index is 13.3. The van der Waals surface area contributed by atoms with Gasteiger partial charge in [-0.05, 0) is 43.0 Å². The van der Waals surface area contributed by atoms with Gasteiger partial charge in [0.1, 0.15) is 0 Å². The van der Waals surface area contributed by atoms with Crippen molar-refractivity contribution in [2.75, 3.05) is 0 Å². The molecule has 34 heavy (non-hydrogen) atoms. The first kappa shape index (κ1) is 21.1. The van der Waals surface area contributed by atoms with Gasteiger partial charge in [-0.15, -0.1) is 0 Å². The van der Waals surface area contributed by atoms with Gasteiger partial charge in [0.25, 0.3) is 5.56 Å². The molecule has 3 heterocycles. The van der Waals surface area contributed by atoms with E-state index in [0.29, 0.717) is 36.8 Å². The van der Waals surface area contributed by atoms with Crippen LogP contribution in [0.2, 0.25) is 0 Å². The maximum absolute atomic E-state index is 13.3. The predicted octanol–water partition coefficient (Wildman–Crippen LogP) is 4.80.